The highest BCUT2D eigenvalue weighted by Gasteiger charge is 2.30. The summed E-state index contributed by atoms with van der Waals surface area (Å²) in [6.07, 6.45) is 0. The molecule has 1 amide bonds. The Morgan fingerprint density at radius 1 is 1.07 bits per heavy atom. The average Bonchev–Trinajstić information content (AvgIpc) is 2.88. The molecule has 4 rings (SSSR count). The molecule has 1 aliphatic rings. The number of benzene rings is 3. The van der Waals surface area contributed by atoms with Gasteiger partial charge in [-0.2, -0.15) is 0 Å². The van der Waals surface area contributed by atoms with Crippen LogP contribution in [0.2, 0.25) is 0 Å². The van der Waals surface area contributed by atoms with Crippen LogP contribution in [0, 0.1) is 0 Å². The molecule has 0 fully saturated rings. The largest absolute Gasteiger partial charge is 0.478 e. The Hall–Kier alpha value is -3.39. The lowest BCUT2D eigenvalue weighted by Gasteiger charge is -2.13. The first kappa shape index (κ1) is 17.0. The van der Waals surface area contributed by atoms with E-state index >= 15 is 0 Å². The summed E-state index contributed by atoms with van der Waals surface area (Å²) in [5, 5.41) is 10.1. The summed E-state index contributed by atoms with van der Waals surface area (Å²) >= 11 is 0. The van der Waals surface area contributed by atoms with Gasteiger partial charge in [0.25, 0.3) is 15.9 Å². The van der Waals surface area contributed by atoms with E-state index in [1.165, 1.54) is 35.2 Å². The molecule has 0 bridgehead atoms. The van der Waals surface area contributed by atoms with Crippen LogP contribution in [-0.4, -0.2) is 32.4 Å². The maximum atomic E-state index is 12.9. The SMILES string of the molecule is CN1C(=O)c2cccc3c(S(=O)(=O)Nc4cccc(C(=O)O)c4)ccc1c23. The summed E-state index contributed by atoms with van der Waals surface area (Å²) in [4.78, 5) is 24.9. The number of nitrogens with zero attached hydrogens (tertiary/aromatic N) is 1. The lowest BCUT2D eigenvalue weighted by atomic mass is 10.1. The number of rotatable bonds is 4. The molecule has 136 valence electrons. The van der Waals surface area contributed by atoms with Gasteiger partial charge in [0, 0.05) is 29.1 Å². The Morgan fingerprint density at radius 2 is 1.81 bits per heavy atom. The molecule has 7 nitrogen and oxygen atoms in total. The molecule has 1 heterocycles. The maximum Gasteiger partial charge on any atom is 0.335 e. The van der Waals surface area contributed by atoms with Gasteiger partial charge in [-0.05, 0) is 36.4 Å². The van der Waals surface area contributed by atoms with Crippen LogP contribution in [0.3, 0.4) is 0 Å². The van der Waals surface area contributed by atoms with E-state index in [9.17, 15) is 18.0 Å². The fourth-order valence-electron chi connectivity index (χ4n) is 3.27. The minimum Gasteiger partial charge on any atom is -0.478 e. The molecule has 0 saturated carbocycles. The van der Waals surface area contributed by atoms with Gasteiger partial charge in [0.1, 0.15) is 0 Å². The fourth-order valence-corrected chi connectivity index (χ4v) is 4.52. The number of carboxylic acid groups (broad SMARTS) is 1. The van der Waals surface area contributed by atoms with Crippen molar-refractivity contribution in [1.82, 2.24) is 0 Å². The van der Waals surface area contributed by atoms with E-state index in [0.29, 0.717) is 22.0 Å². The molecular formula is C19H14N2O5S. The van der Waals surface area contributed by atoms with E-state index in [-0.39, 0.29) is 22.1 Å². The Bertz CT molecular complexity index is 1230. The van der Waals surface area contributed by atoms with Crippen molar-refractivity contribution in [3.63, 3.8) is 0 Å². The zero-order chi connectivity index (χ0) is 19.3. The quantitative estimate of drug-likeness (QED) is 0.722. The summed E-state index contributed by atoms with van der Waals surface area (Å²) in [7, 11) is -2.36. The third kappa shape index (κ3) is 2.61. The molecule has 1 aliphatic heterocycles. The Balaban J connectivity index is 1.84. The first-order valence-corrected chi connectivity index (χ1v) is 9.48. The van der Waals surface area contributed by atoms with Crippen molar-refractivity contribution in [2.45, 2.75) is 4.90 Å². The summed E-state index contributed by atoms with van der Waals surface area (Å²) in [6, 6.07) is 13.6. The van der Waals surface area contributed by atoms with Gasteiger partial charge in [-0.15, -0.1) is 0 Å². The van der Waals surface area contributed by atoms with E-state index in [1.54, 1.807) is 31.3 Å². The number of carbonyl (C=O) groups excluding carboxylic acids is 1. The van der Waals surface area contributed by atoms with Gasteiger partial charge < -0.3 is 10.0 Å². The van der Waals surface area contributed by atoms with E-state index < -0.39 is 16.0 Å². The molecule has 3 aromatic rings. The van der Waals surface area contributed by atoms with Gasteiger partial charge in [-0.25, -0.2) is 13.2 Å². The van der Waals surface area contributed by atoms with Gasteiger partial charge in [0.15, 0.2) is 0 Å². The second kappa shape index (κ2) is 5.82. The van der Waals surface area contributed by atoms with Crippen molar-refractivity contribution < 1.29 is 23.1 Å². The highest BCUT2D eigenvalue weighted by Crippen LogP contribution is 2.39. The minimum atomic E-state index is -4.00. The number of nitrogens with one attached hydrogen (secondary N) is 1. The number of hydrogen-bond donors (Lipinski definition) is 2. The van der Waals surface area contributed by atoms with Crippen molar-refractivity contribution in [3.05, 3.63) is 65.7 Å². The predicted molar refractivity (Wildman–Crippen MR) is 101 cm³/mol. The number of aromatic carboxylic acids is 1. The van der Waals surface area contributed by atoms with E-state index in [4.69, 9.17) is 5.11 Å². The van der Waals surface area contributed by atoms with Gasteiger partial charge in [-0.3, -0.25) is 9.52 Å². The van der Waals surface area contributed by atoms with Crippen LogP contribution in [-0.2, 0) is 10.0 Å². The van der Waals surface area contributed by atoms with Crippen LogP contribution in [0.4, 0.5) is 11.4 Å². The summed E-state index contributed by atoms with van der Waals surface area (Å²) in [6.45, 7) is 0. The zero-order valence-electron chi connectivity index (χ0n) is 14.1. The third-order valence-electron chi connectivity index (χ3n) is 4.53. The second-order valence-corrected chi connectivity index (χ2v) is 7.82. The average molecular weight is 382 g/mol. The van der Waals surface area contributed by atoms with Crippen LogP contribution in [0.15, 0.2) is 59.5 Å². The molecule has 3 aromatic carbocycles. The van der Waals surface area contributed by atoms with E-state index in [0.717, 1.165) is 0 Å². The second-order valence-electron chi connectivity index (χ2n) is 6.17. The summed E-state index contributed by atoms with van der Waals surface area (Å²) < 4.78 is 28.3. The van der Waals surface area contributed by atoms with Crippen LogP contribution in [0.1, 0.15) is 20.7 Å². The van der Waals surface area contributed by atoms with E-state index in [1.807, 2.05) is 0 Å². The zero-order valence-corrected chi connectivity index (χ0v) is 14.9. The number of carbonyl (C=O) groups is 2. The monoisotopic (exact) mass is 382 g/mol. The molecule has 27 heavy (non-hydrogen) atoms. The number of hydrogen-bond acceptors (Lipinski definition) is 4. The number of sulfonamides is 1. The van der Waals surface area contributed by atoms with Crippen LogP contribution in [0.25, 0.3) is 10.8 Å². The van der Waals surface area contributed by atoms with Gasteiger partial charge in [-0.1, -0.05) is 18.2 Å². The molecule has 0 radical (unpaired) electrons. The topological polar surface area (TPSA) is 104 Å². The summed E-state index contributed by atoms with van der Waals surface area (Å²) in [5.41, 5.74) is 1.22. The van der Waals surface area contributed by atoms with Crippen molar-refractivity contribution in [1.29, 1.82) is 0 Å². The molecule has 8 heteroatoms. The van der Waals surface area contributed by atoms with Crippen LogP contribution >= 0.6 is 0 Å². The highest BCUT2D eigenvalue weighted by molar-refractivity contribution is 7.93. The van der Waals surface area contributed by atoms with Crippen LogP contribution < -0.4 is 9.62 Å². The molecule has 0 aliphatic carbocycles. The molecule has 0 atom stereocenters. The van der Waals surface area contributed by atoms with Crippen molar-refractivity contribution >= 4 is 44.0 Å². The van der Waals surface area contributed by atoms with Crippen molar-refractivity contribution in [3.8, 4) is 0 Å². The van der Waals surface area contributed by atoms with Gasteiger partial charge in [0.2, 0.25) is 0 Å². The predicted octanol–water partition coefficient (Wildman–Crippen LogP) is 2.93. The fraction of sp³-hybridized carbons (Fsp3) is 0.0526. The molecule has 0 saturated heterocycles. The van der Waals surface area contributed by atoms with E-state index in [2.05, 4.69) is 4.72 Å². The molecule has 0 spiro atoms. The lowest BCUT2D eigenvalue weighted by molar-refractivity contribution is 0.0696. The molecular weight excluding hydrogens is 368 g/mol. The number of carboxylic acids is 1. The standard InChI is InChI=1S/C19H14N2O5S/c1-21-15-8-9-16(13-6-3-7-14(17(13)15)18(21)22)27(25,26)20-12-5-2-4-11(10-12)19(23)24/h2-10,20H,1H3,(H,23,24). The molecule has 2 N–H and O–H groups in total. The normalized spacial score (nSPS) is 13.2. The Kier molecular flexibility index (Phi) is 3.67. The number of amides is 1. The first-order chi connectivity index (χ1) is 12.8. The first-order valence-electron chi connectivity index (χ1n) is 7.99. The minimum absolute atomic E-state index is 0.0203. The Labute approximate surface area is 154 Å². The van der Waals surface area contributed by atoms with Gasteiger partial charge >= 0.3 is 5.97 Å². The molecule has 0 unspecified atom stereocenters. The highest BCUT2D eigenvalue weighted by atomic mass is 32.2. The lowest BCUT2D eigenvalue weighted by Crippen LogP contribution is -2.20. The third-order valence-corrected chi connectivity index (χ3v) is 5.97. The molecule has 0 aromatic heterocycles. The smallest absolute Gasteiger partial charge is 0.335 e. The Morgan fingerprint density at radius 3 is 2.56 bits per heavy atom. The van der Waals surface area contributed by atoms with Crippen LogP contribution in [0.5, 0.6) is 0 Å². The van der Waals surface area contributed by atoms with Crippen molar-refractivity contribution in [2.75, 3.05) is 16.7 Å². The van der Waals surface area contributed by atoms with Gasteiger partial charge in [0.05, 0.1) is 16.1 Å². The van der Waals surface area contributed by atoms with Crippen molar-refractivity contribution in [2.24, 2.45) is 0 Å². The maximum absolute atomic E-state index is 12.9. The summed E-state index contributed by atoms with van der Waals surface area (Å²) in [5.74, 6) is -1.34. The number of anilines is 2.